The monoisotopic (exact) mass is 379 g/mol. The Labute approximate surface area is 155 Å². The highest BCUT2D eigenvalue weighted by Gasteiger charge is 2.57. The molecule has 2 aromatic carbocycles. The Bertz CT molecular complexity index is 791. The number of carbonyl (C=O) groups is 1. The second-order valence-corrected chi connectivity index (χ2v) is 5.72. The highest BCUT2D eigenvalue weighted by molar-refractivity contribution is 5.91. The van der Waals surface area contributed by atoms with Gasteiger partial charge in [-0.2, -0.15) is 13.2 Å². The highest BCUT2D eigenvalue weighted by atomic mass is 19.4. The first-order chi connectivity index (χ1) is 12.8. The Morgan fingerprint density at radius 2 is 1.78 bits per heavy atom. The third-order valence-corrected chi connectivity index (χ3v) is 4.08. The van der Waals surface area contributed by atoms with Gasteiger partial charge in [0.1, 0.15) is 5.75 Å². The van der Waals surface area contributed by atoms with Crippen molar-refractivity contribution in [2.24, 2.45) is 0 Å². The van der Waals surface area contributed by atoms with Crippen LogP contribution >= 0.6 is 0 Å². The molecule has 0 aliphatic heterocycles. The lowest BCUT2D eigenvalue weighted by Crippen LogP contribution is -2.52. The lowest BCUT2D eigenvalue weighted by atomic mass is 9.92. The minimum atomic E-state index is -4.76. The first kappa shape index (κ1) is 20.5. The number of alkyl halides is 3. The molecule has 0 aromatic heterocycles. The van der Waals surface area contributed by atoms with E-state index in [9.17, 15) is 18.0 Å². The quantitative estimate of drug-likeness (QED) is 0.742. The third kappa shape index (κ3) is 4.89. The summed E-state index contributed by atoms with van der Waals surface area (Å²) in [4.78, 5) is 12.0. The van der Waals surface area contributed by atoms with E-state index in [0.29, 0.717) is 0 Å². The maximum absolute atomic E-state index is 13.9. The average Bonchev–Trinajstić information content (AvgIpc) is 2.67. The molecule has 0 heterocycles. The van der Waals surface area contributed by atoms with Gasteiger partial charge in [-0.25, -0.2) is 0 Å². The molecule has 144 valence electrons. The number of hydrogen-bond acceptors (Lipinski definition) is 3. The van der Waals surface area contributed by atoms with Crippen LogP contribution in [0.3, 0.4) is 0 Å². The van der Waals surface area contributed by atoms with Crippen LogP contribution in [-0.2, 0) is 15.1 Å². The summed E-state index contributed by atoms with van der Waals surface area (Å²) in [5, 5.41) is 2.28. The van der Waals surface area contributed by atoms with Crippen LogP contribution in [0.1, 0.15) is 11.1 Å². The van der Waals surface area contributed by atoms with Gasteiger partial charge in [0.15, 0.2) is 0 Å². The number of halogens is 3. The predicted octanol–water partition coefficient (Wildman–Crippen LogP) is 3.93. The van der Waals surface area contributed by atoms with Gasteiger partial charge in [0.25, 0.3) is 0 Å². The predicted molar refractivity (Wildman–Crippen MR) is 96.2 cm³/mol. The second-order valence-electron chi connectivity index (χ2n) is 5.72. The van der Waals surface area contributed by atoms with Crippen LogP contribution in [0.25, 0.3) is 6.08 Å². The van der Waals surface area contributed by atoms with Crippen LogP contribution in [0.4, 0.5) is 13.2 Å². The number of rotatable bonds is 7. The molecule has 4 nitrogen and oxygen atoms in total. The van der Waals surface area contributed by atoms with E-state index < -0.39 is 24.2 Å². The molecule has 1 atom stereocenters. The molecule has 0 saturated carbocycles. The van der Waals surface area contributed by atoms with Gasteiger partial charge in [-0.1, -0.05) is 42.5 Å². The fraction of sp³-hybridized carbons (Fsp3) is 0.250. The number of amides is 1. The van der Waals surface area contributed by atoms with E-state index in [1.165, 1.54) is 43.5 Å². The SMILES string of the molecule is COc1cccc(C(CNC(=O)/C=C/c2ccccc2)(OC)C(F)(F)F)c1. The van der Waals surface area contributed by atoms with Crippen molar-refractivity contribution in [3.63, 3.8) is 0 Å². The summed E-state index contributed by atoms with van der Waals surface area (Å²) in [6.45, 7) is -0.780. The van der Waals surface area contributed by atoms with Crippen LogP contribution in [0.2, 0.25) is 0 Å². The zero-order chi connectivity index (χ0) is 19.9. The number of methoxy groups -OCH3 is 2. The molecule has 27 heavy (non-hydrogen) atoms. The standard InChI is InChI=1S/C20H20F3NO3/c1-26-17-10-6-9-16(13-17)19(27-2,20(21,22)23)14-24-18(25)12-11-15-7-4-3-5-8-15/h3-13H,14H2,1-2H3,(H,24,25)/b12-11+. The number of ether oxygens (including phenoxy) is 2. The number of hydrogen-bond donors (Lipinski definition) is 1. The van der Waals surface area contributed by atoms with E-state index in [1.807, 2.05) is 6.07 Å². The fourth-order valence-electron chi connectivity index (χ4n) is 2.55. The number of nitrogens with one attached hydrogen (secondary N) is 1. The Morgan fingerprint density at radius 1 is 1.07 bits per heavy atom. The Kier molecular flexibility index (Phi) is 6.63. The van der Waals surface area contributed by atoms with E-state index in [2.05, 4.69) is 5.32 Å². The van der Waals surface area contributed by atoms with E-state index in [1.54, 1.807) is 24.3 Å². The molecule has 0 aliphatic carbocycles. The maximum Gasteiger partial charge on any atom is 0.423 e. The smallest absolute Gasteiger partial charge is 0.423 e. The number of carbonyl (C=O) groups excluding carboxylic acids is 1. The fourth-order valence-corrected chi connectivity index (χ4v) is 2.55. The Hall–Kier alpha value is -2.80. The molecule has 0 aliphatic rings. The van der Waals surface area contributed by atoms with Crippen LogP contribution in [0.15, 0.2) is 60.7 Å². The van der Waals surface area contributed by atoms with Crippen molar-refractivity contribution in [2.75, 3.05) is 20.8 Å². The van der Waals surface area contributed by atoms with Crippen molar-refractivity contribution in [2.45, 2.75) is 11.8 Å². The summed E-state index contributed by atoms with van der Waals surface area (Å²) in [6.07, 6.45) is -2.06. The van der Waals surface area contributed by atoms with E-state index in [0.717, 1.165) is 12.7 Å². The van der Waals surface area contributed by atoms with Gasteiger partial charge in [0.2, 0.25) is 11.5 Å². The van der Waals surface area contributed by atoms with Crippen molar-refractivity contribution in [3.8, 4) is 5.75 Å². The maximum atomic E-state index is 13.9. The lowest BCUT2D eigenvalue weighted by molar-refractivity contribution is -0.274. The van der Waals surface area contributed by atoms with Crippen LogP contribution in [0, 0.1) is 0 Å². The molecule has 0 fully saturated rings. The van der Waals surface area contributed by atoms with Crippen molar-refractivity contribution >= 4 is 12.0 Å². The molecule has 0 bridgehead atoms. The van der Waals surface area contributed by atoms with Crippen LogP contribution in [0.5, 0.6) is 5.75 Å². The summed E-state index contributed by atoms with van der Waals surface area (Å²) in [5.74, 6) is -0.402. The lowest BCUT2D eigenvalue weighted by Gasteiger charge is -2.35. The second kappa shape index (κ2) is 8.73. The first-order valence-corrected chi connectivity index (χ1v) is 8.10. The zero-order valence-electron chi connectivity index (χ0n) is 14.9. The van der Waals surface area contributed by atoms with Gasteiger partial charge in [0.05, 0.1) is 13.7 Å². The molecule has 7 heteroatoms. The van der Waals surface area contributed by atoms with Gasteiger partial charge < -0.3 is 14.8 Å². The summed E-state index contributed by atoms with van der Waals surface area (Å²) >= 11 is 0. The van der Waals surface area contributed by atoms with Gasteiger partial charge >= 0.3 is 6.18 Å². The van der Waals surface area contributed by atoms with E-state index in [4.69, 9.17) is 9.47 Å². The van der Waals surface area contributed by atoms with Gasteiger partial charge in [-0.15, -0.1) is 0 Å². The molecule has 0 spiro atoms. The molecule has 2 rings (SSSR count). The highest BCUT2D eigenvalue weighted by Crippen LogP contribution is 2.42. The van der Waals surface area contributed by atoms with Gasteiger partial charge in [-0.05, 0) is 29.3 Å². The van der Waals surface area contributed by atoms with E-state index in [-0.39, 0.29) is 11.3 Å². The average molecular weight is 379 g/mol. The largest absolute Gasteiger partial charge is 0.497 e. The first-order valence-electron chi connectivity index (χ1n) is 8.10. The summed E-state index contributed by atoms with van der Waals surface area (Å²) in [7, 11) is 2.32. The Balaban J connectivity index is 2.22. The zero-order valence-corrected chi connectivity index (χ0v) is 14.9. The molecule has 0 radical (unpaired) electrons. The third-order valence-electron chi connectivity index (χ3n) is 4.08. The molecular weight excluding hydrogens is 359 g/mol. The van der Waals surface area contributed by atoms with Gasteiger partial charge in [0, 0.05) is 13.2 Å². The summed E-state index contributed by atoms with van der Waals surface area (Å²) in [5.41, 5.74) is -2.10. The summed E-state index contributed by atoms with van der Waals surface area (Å²) in [6, 6.07) is 14.4. The molecule has 1 amide bonds. The summed E-state index contributed by atoms with van der Waals surface area (Å²) < 4.78 is 51.5. The molecule has 2 aromatic rings. The minimum Gasteiger partial charge on any atom is -0.497 e. The molecular formula is C20H20F3NO3. The van der Waals surface area contributed by atoms with Crippen LogP contribution < -0.4 is 10.1 Å². The molecule has 1 unspecified atom stereocenters. The Morgan fingerprint density at radius 3 is 2.37 bits per heavy atom. The van der Waals surface area contributed by atoms with Gasteiger partial charge in [-0.3, -0.25) is 4.79 Å². The van der Waals surface area contributed by atoms with Crippen molar-refractivity contribution in [1.29, 1.82) is 0 Å². The van der Waals surface area contributed by atoms with Crippen molar-refractivity contribution < 1.29 is 27.4 Å². The molecule has 0 saturated heterocycles. The normalized spacial score (nSPS) is 14.0. The van der Waals surface area contributed by atoms with E-state index >= 15 is 0 Å². The van der Waals surface area contributed by atoms with Crippen molar-refractivity contribution in [3.05, 3.63) is 71.8 Å². The van der Waals surface area contributed by atoms with Crippen LogP contribution in [-0.4, -0.2) is 32.8 Å². The number of benzene rings is 2. The molecule has 1 N–H and O–H groups in total. The topological polar surface area (TPSA) is 47.6 Å². The minimum absolute atomic E-state index is 0.163. The van der Waals surface area contributed by atoms with Crippen molar-refractivity contribution in [1.82, 2.24) is 5.32 Å².